The molecule has 6 rings (SSSR count). The number of hydrogen-bond acceptors (Lipinski definition) is 12. The number of imidazole rings is 1. The fourth-order valence-electron chi connectivity index (χ4n) is 5.11. The predicted octanol–water partition coefficient (Wildman–Crippen LogP) is 4.99. The van der Waals surface area contributed by atoms with E-state index in [1.54, 1.807) is 43.5 Å². The molecule has 0 amide bonds. The first kappa shape index (κ1) is 26.7. The normalized spacial score (nSPS) is 33.6. The smallest absolute Gasteiger partial charge is 0.424 e. The lowest BCUT2D eigenvalue weighted by atomic mass is 9.96. The number of nitrogen functional groups attached to an aromatic ring is 1. The number of benzene rings is 1. The van der Waals surface area contributed by atoms with Crippen LogP contribution >= 0.6 is 31.0 Å². The molecule has 3 aliphatic rings. The third-order valence-corrected chi connectivity index (χ3v) is 9.30. The molecule has 3 aliphatic heterocycles. The van der Waals surface area contributed by atoms with Crippen LogP contribution in [0.15, 0.2) is 30.9 Å². The van der Waals surface area contributed by atoms with Crippen LogP contribution in [0.2, 0.25) is 10.0 Å². The second-order valence-corrected chi connectivity index (χ2v) is 12.6. The van der Waals surface area contributed by atoms with Crippen LogP contribution in [0.1, 0.15) is 45.1 Å². The minimum atomic E-state index is -4.13. The van der Waals surface area contributed by atoms with Gasteiger partial charge in [0.2, 0.25) is 0 Å². The number of carbonyl (C=O) groups is 1. The maximum absolute atomic E-state index is 13.7. The summed E-state index contributed by atoms with van der Waals surface area (Å²) in [4.78, 5) is 24.7. The van der Waals surface area contributed by atoms with E-state index in [4.69, 9.17) is 56.7 Å². The van der Waals surface area contributed by atoms with Gasteiger partial charge in [0, 0.05) is 6.42 Å². The molecule has 0 bridgehead atoms. The number of nitrogens with two attached hydrogens (primary N) is 1. The van der Waals surface area contributed by atoms with Crippen molar-refractivity contribution in [3.05, 3.63) is 46.5 Å². The zero-order valence-electron chi connectivity index (χ0n) is 20.9. The molecule has 0 radical (unpaired) electrons. The number of phosphoric ester groups is 1. The van der Waals surface area contributed by atoms with Crippen molar-refractivity contribution >= 4 is 54.2 Å². The maximum atomic E-state index is 13.7. The highest BCUT2D eigenvalue weighted by atomic mass is 35.5. The lowest BCUT2D eigenvalue weighted by Gasteiger charge is -2.39. The molecular weight excluding hydrogens is 576 g/mol. The molecule has 3 aromatic rings. The fourth-order valence-corrected chi connectivity index (χ4v) is 7.09. The highest BCUT2D eigenvalue weighted by molar-refractivity contribution is 7.48. The van der Waals surface area contributed by atoms with E-state index in [9.17, 15) is 9.36 Å². The van der Waals surface area contributed by atoms with Gasteiger partial charge in [-0.3, -0.25) is 18.1 Å². The Morgan fingerprint density at radius 1 is 1.21 bits per heavy atom. The lowest BCUT2D eigenvalue weighted by molar-refractivity contribution is -0.0988. The average molecular weight is 600 g/mol. The van der Waals surface area contributed by atoms with Gasteiger partial charge in [0.25, 0.3) is 0 Å². The van der Waals surface area contributed by atoms with Gasteiger partial charge in [0.1, 0.15) is 17.9 Å². The standard InChI is InChI=1S/C23H24Cl2N5O8P/c1-22(2)7-14(11-4-5-12(24)13(25)6-11)37-39(32,38-22)33-8-15-17-23(3,36-21(31)35-17)20(34-15)30-10-29-16-18(26)27-9-28-19(16)30/h4-6,9-10,14-15,17,20H,7-8H2,1-3H3,(H2,26,27,28)/t14-,15+,17+,20+,23+,39?/m0/s1. The Morgan fingerprint density at radius 3 is 2.77 bits per heavy atom. The van der Waals surface area contributed by atoms with Gasteiger partial charge < -0.3 is 19.9 Å². The molecule has 3 saturated heterocycles. The summed E-state index contributed by atoms with van der Waals surface area (Å²) in [7, 11) is -4.13. The highest BCUT2D eigenvalue weighted by Gasteiger charge is 2.65. The van der Waals surface area contributed by atoms with Gasteiger partial charge in [-0.1, -0.05) is 29.3 Å². The van der Waals surface area contributed by atoms with Gasteiger partial charge >= 0.3 is 14.0 Å². The summed E-state index contributed by atoms with van der Waals surface area (Å²) >= 11 is 12.2. The minimum absolute atomic E-state index is 0.182. The Balaban J connectivity index is 1.25. The molecule has 5 heterocycles. The van der Waals surface area contributed by atoms with Crippen LogP contribution in [0.3, 0.4) is 0 Å². The summed E-state index contributed by atoms with van der Waals surface area (Å²) in [5, 5.41) is 0.722. The molecule has 1 unspecified atom stereocenters. The molecule has 0 aliphatic carbocycles. The van der Waals surface area contributed by atoms with Crippen LogP contribution in [-0.2, 0) is 32.3 Å². The summed E-state index contributed by atoms with van der Waals surface area (Å²) in [5.41, 5.74) is 5.16. The molecule has 13 nitrogen and oxygen atoms in total. The van der Waals surface area contributed by atoms with Crippen molar-refractivity contribution in [1.82, 2.24) is 19.5 Å². The molecule has 39 heavy (non-hydrogen) atoms. The topological polar surface area (TPSA) is 159 Å². The molecule has 16 heteroatoms. The Morgan fingerprint density at radius 2 is 2.00 bits per heavy atom. The van der Waals surface area contributed by atoms with Crippen molar-refractivity contribution in [3.8, 4) is 0 Å². The van der Waals surface area contributed by atoms with E-state index in [0.717, 1.165) is 0 Å². The first-order valence-electron chi connectivity index (χ1n) is 11.9. The third-order valence-electron chi connectivity index (χ3n) is 6.87. The number of fused-ring (bicyclic) bond motifs is 2. The van der Waals surface area contributed by atoms with Crippen LogP contribution in [0, 0.1) is 0 Å². The molecular formula is C23H24Cl2N5O8P. The van der Waals surface area contributed by atoms with E-state index in [2.05, 4.69) is 15.0 Å². The zero-order valence-corrected chi connectivity index (χ0v) is 23.4. The summed E-state index contributed by atoms with van der Waals surface area (Å²) in [6.07, 6.45) is -1.14. The second-order valence-electron chi connectivity index (χ2n) is 10.2. The zero-order chi connectivity index (χ0) is 27.7. The monoisotopic (exact) mass is 599 g/mol. The van der Waals surface area contributed by atoms with Gasteiger partial charge in [-0.15, -0.1) is 0 Å². The van der Waals surface area contributed by atoms with Crippen LogP contribution in [-0.4, -0.2) is 55.7 Å². The van der Waals surface area contributed by atoms with Crippen LogP contribution in [0.25, 0.3) is 11.2 Å². The molecule has 1 aromatic carbocycles. The average Bonchev–Trinajstić information content (AvgIpc) is 3.48. The number of hydrogen-bond donors (Lipinski definition) is 1. The number of halogens is 2. The first-order chi connectivity index (χ1) is 18.4. The van der Waals surface area contributed by atoms with E-state index in [-0.39, 0.29) is 12.4 Å². The highest BCUT2D eigenvalue weighted by Crippen LogP contribution is 2.62. The van der Waals surface area contributed by atoms with Crippen LogP contribution in [0.4, 0.5) is 10.6 Å². The molecule has 0 spiro atoms. The van der Waals surface area contributed by atoms with E-state index in [1.807, 2.05) is 0 Å². The lowest BCUT2D eigenvalue weighted by Crippen LogP contribution is -2.42. The molecule has 6 atom stereocenters. The molecule has 208 valence electrons. The quantitative estimate of drug-likeness (QED) is 0.309. The van der Waals surface area contributed by atoms with Crippen molar-refractivity contribution in [3.63, 3.8) is 0 Å². The molecule has 3 fully saturated rings. The van der Waals surface area contributed by atoms with Gasteiger partial charge in [-0.2, -0.15) is 0 Å². The number of anilines is 1. The minimum Gasteiger partial charge on any atom is -0.424 e. The Hall–Kier alpha value is -2.51. The number of rotatable bonds is 5. The molecule has 2 aromatic heterocycles. The number of ether oxygens (including phenoxy) is 3. The Bertz CT molecular complexity index is 1520. The fraction of sp³-hybridized carbons (Fsp3) is 0.478. The Kier molecular flexibility index (Phi) is 6.35. The largest absolute Gasteiger partial charge is 0.509 e. The molecule has 2 N–H and O–H groups in total. The van der Waals surface area contributed by atoms with E-state index < -0.39 is 49.7 Å². The van der Waals surface area contributed by atoms with Crippen molar-refractivity contribution in [2.24, 2.45) is 0 Å². The summed E-state index contributed by atoms with van der Waals surface area (Å²) in [5.74, 6) is 0.182. The second kappa shape index (κ2) is 9.27. The van der Waals surface area contributed by atoms with Gasteiger partial charge in [-0.05, 0) is 38.5 Å². The van der Waals surface area contributed by atoms with Crippen molar-refractivity contribution < 1.29 is 37.1 Å². The third kappa shape index (κ3) is 4.65. The SMILES string of the molecule is CC1(C)C[C@@H](c2ccc(Cl)c(Cl)c2)OP(=O)(OC[C@H]2O[C@@H](n3cnc4c(N)ncnc43)[C@]3(C)OC(=O)O[C@H]23)O1. The summed E-state index contributed by atoms with van der Waals surface area (Å²) in [6, 6.07) is 5.02. The summed E-state index contributed by atoms with van der Waals surface area (Å²) < 4.78 is 49.9. The number of aromatic nitrogens is 4. The molecule has 0 saturated carbocycles. The van der Waals surface area contributed by atoms with Crippen molar-refractivity contribution in [1.29, 1.82) is 0 Å². The predicted molar refractivity (Wildman–Crippen MR) is 137 cm³/mol. The number of phosphoric acid groups is 1. The van der Waals surface area contributed by atoms with E-state index in [1.165, 1.54) is 12.7 Å². The Labute approximate surface area is 232 Å². The summed E-state index contributed by atoms with van der Waals surface area (Å²) in [6.45, 7) is 4.90. The van der Waals surface area contributed by atoms with Gasteiger partial charge in [-0.25, -0.2) is 24.3 Å². The number of carbonyl (C=O) groups excluding carboxylic acids is 1. The van der Waals surface area contributed by atoms with E-state index >= 15 is 0 Å². The van der Waals surface area contributed by atoms with Crippen molar-refractivity contribution in [2.75, 3.05) is 12.3 Å². The van der Waals surface area contributed by atoms with Gasteiger partial charge in [0.15, 0.2) is 29.4 Å². The maximum Gasteiger partial charge on any atom is 0.509 e. The van der Waals surface area contributed by atoms with Gasteiger partial charge in [0.05, 0.1) is 34.7 Å². The van der Waals surface area contributed by atoms with Crippen LogP contribution < -0.4 is 5.73 Å². The van der Waals surface area contributed by atoms with Crippen molar-refractivity contribution in [2.45, 2.75) is 62.9 Å². The van der Waals surface area contributed by atoms with E-state index in [0.29, 0.717) is 33.2 Å². The van der Waals surface area contributed by atoms with Crippen LogP contribution in [0.5, 0.6) is 0 Å². The first-order valence-corrected chi connectivity index (χ1v) is 14.2. The number of nitrogens with zero attached hydrogens (tertiary/aromatic N) is 4.